The van der Waals surface area contributed by atoms with Gasteiger partial charge < -0.3 is 14.4 Å². The molecule has 0 amide bonds. The van der Waals surface area contributed by atoms with Gasteiger partial charge in [-0.1, -0.05) is 11.6 Å². The van der Waals surface area contributed by atoms with Crippen molar-refractivity contribution in [2.45, 2.75) is 12.0 Å². The lowest BCUT2D eigenvalue weighted by molar-refractivity contribution is -0.140. The van der Waals surface area contributed by atoms with Crippen molar-refractivity contribution in [3.8, 4) is 16.9 Å². The summed E-state index contributed by atoms with van der Waals surface area (Å²) in [6.45, 7) is -0.574. The molecule has 1 N–H and O–H groups in total. The average molecular weight is 385 g/mol. The number of aromatic nitrogens is 1. The summed E-state index contributed by atoms with van der Waals surface area (Å²) < 4.78 is 32.6. The van der Waals surface area contributed by atoms with E-state index in [2.05, 4.69) is 0 Å². The molecule has 140 valence electrons. The van der Waals surface area contributed by atoms with Crippen LogP contribution in [0.2, 0.25) is 5.02 Å². The van der Waals surface area contributed by atoms with Crippen LogP contribution in [-0.4, -0.2) is 52.8 Å². The zero-order valence-electron chi connectivity index (χ0n) is 14.2. The van der Waals surface area contributed by atoms with Gasteiger partial charge in [0.15, 0.2) is 0 Å². The van der Waals surface area contributed by atoms with Crippen molar-refractivity contribution >= 4 is 11.6 Å². The Balaban J connectivity index is 1.64. The lowest BCUT2D eigenvalue weighted by Crippen LogP contribution is -2.58. The molecule has 0 bridgehead atoms. The molecular weight excluding hydrogens is 366 g/mol. The van der Waals surface area contributed by atoms with Crippen molar-refractivity contribution in [3.05, 3.63) is 51.9 Å². The lowest BCUT2D eigenvalue weighted by Gasteiger charge is -2.39. The molecule has 0 aliphatic carbocycles. The zero-order valence-corrected chi connectivity index (χ0v) is 14.9. The van der Waals surface area contributed by atoms with E-state index in [1.165, 1.54) is 15.5 Å². The first-order chi connectivity index (χ1) is 12.2. The van der Waals surface area contributed by atoms with Gasteiger partial charge in [0.2, 0.25) is 5.56 Å². The van der Waals surface area contributed by atoms with Gasteiger partial charge in [0.25, 0.3) is 5.92 Å². The molecule has 0 spiro atoms. The maximum atomic E-state index is 12.8. The predicted molar refractivity (Wildman–Crippen MR) is 95.0 cm³/mol. The van der Waals surface area contributed by atoms with Crippen LogP contribution in [0.3, 0.4) is 0 Å². The molecule has 2 aromatic rings. The first-order valence-electron chi connectivity index (χ1n) is 8.10. The normalized spacial score (nSPS) is 17.6. The second kappa shape index (κ2) is 7.34. The van der Waals surface area contributed by atoms with Crippen LogP contribution >= 0.6 is 11.6 Å². The van der Waals surface area contributed by atoms with Gasteiger partial charge in [-0.15, -0.1) is 0 Å². The smallest absolute Gasteiger partial charge is 0.272 e. The van der Waals surface area contributed by atoms with Gasteiger partial charge in [0.05, 0.1) is 13.1 Å². The van der Waals surface area contributed by atoms with Crippen molar-refractivity contribution in [1.29, 1.82) is 0 Å². The van der Waals surface area contributed by atoms with Crippen LogP contribution in [0.25, 0.3) is 11.1 Å². The Labute approximate surface area is 154 Å². The Bertz CT molecular complexity index is 849. The number of aliphatic hydroxyl groups excluding tert-OH is 1. The summed E-state index contributed by atoms with van der Waals surface area (Å²) in [4.78, 5) is 13.0. The number of β-amino-alcohol motifs (C(OH)–C–C–N with tert-alkyl or cyclic N) is 1. The molecule has 5 nitrogen and oxygen atoms in total. The van der Waals surface area contributed by atoms with Gasteiger partial charge in [0, 0.05) is 30.9 Å². The Morgan fingerprint density at radius 2 is 2.00 bits per heavy atom. The molecular formula is C18H19ClF2N2O3. The number of rotatable bonds is 6. The quantitative estimate of drug-likeness (QED) is 0.831. The number of aliphatic hydroxyl groups is 1. The van der Waals surface area contributed by atoms with Crippen molar-refractivity contribution in [2.24, 2.45) is 7.05 Å². The molecule has 1 aliphatic heterocycles. The highest BCUT2D eigenvalue weighted by atomic mass is 35.5. The third-order valence-corrected chi connectivity index (χ3v) is 4.33. The lowest BCUT2D eigenvalue weighted by atomic mass is 10.1. The van der Waals surface area contributed by atoms with E-state index in [-0.39, 0.29) is 31.8 Å². The molecule has 1 aromatic carbocycles. The minimum atomic E-state index is -2.65. The molecule has 1 fully saturated rings. The number of hydrogen-bond acceptors (Lipinski definition) is 4. The van der Waals surface area contributed by atoms with Crippen LogP contribution in [-0.2, 0) is 7.05 Å². The summed E-state index contributed by atoms with van der Waals surface area (Å²) in [6.07, 6.45) is 0.808. The summed E-state index contributed by atoms with van der Waals surface area (Å²) in [6, 6.07) is 8.25. The number of benzene rings is 1. The number of hydrogen-bond donors (Lipinski definition) is 1. The van der Waals surface area contributed by atoms with Crippen LogP contribution in [0.1, 0.15) is 0 Å². The van der Waals surface area contributed by atoms with Gasteiger partial charge in [-0.05, 0) is 35.4 Å². The third kappa shape index (κ3) is 4.60. The van der Waals surface area contributed by atoms with E-state index < -0.39 is 12.0 Å². The van der Waals surface area contributed by atoms with E-state index in [1.807, 2.05) is 0 Å². The van der Waals surface area contributed by atoms with Gasteiger partial charge in [-0.25, -0.2) is 8.78 Å². The zero-order chi connectivity index (χ0) is 18.9. The molecule has 1 atom stereocenters. The summed E-state index contributed by atoms with van der Waals surface area (Å²) in [5.41, 5.74) is 1.44. The number of alkyl halides is 2. The number of ether oxygens (including phenoxy) is 1. The van der Waals surface area contributed by atoms with E-state index in [0.29, 0.717) is 10.8 Å². The van der Waals surface area contributed by atoms with E-state index >= 15 is 0 Å². The van der Waals surface area contributed by atoms with Crippen LogP contribution in [0.5, 0.6) is 5.75 Å². The van der Waals surface area contributed by atoms with E-state index in [4.69, 9.17) is 16.3 Å². The molecule has 0 radical (unpaired) electrons. The van der Waals surface area contributed by atoms with Gasteiger partial charge >= 0.3 is 0 Å². The number of likely N-dealkylation sites (tertiary alicyclic amines) is 1. The van der Waals surface area contributed by atoms with E-state index in [0.717, 1.165) is 11.1 Å². The Kier molecular flexibility index (Phi) is 5.32. The maximum Gasteiger partial charge on any atom is 0.272 e. The molecule has 0 saturated carbocycles. The van der Waals surface area contributed by atoms with Crippen molar-refractivity contribution in [2.75, 3.05) is 26.2 Å². The highest BCUT2D eigenvalue weighted by Crippen LogP contribution is 2.29. The fourth-order valence-corrected chi connectivity index (χ4v) is 3.08. The molecule has 1 aliphatic rings. The SMILES string of the molecule is Cn1cc(-c2cc(Cl)cc(OCC(O)CN3CC(F)(F)C3)c2)ccc1=O. The number of halogens is 3. The minimum absolute atomic E-state index is 0.0326. The Hall–Kier alpha value is -1.96. The molecule has 2 heterocycles. The largest absolute Gasteiger partial charge is 0.491 e. The van der Waals surface area contributed by atoms with E-state index in [1.54, 1.807) is 37.5 Å². The topological polar surface area (TPSA) is 54.7 Å². The summed E-state index contributed by atoms with van der Waals surface area (Å²) in [7, 11) is 1.66. The van der Waals surface area contributed by atoms with Crippen molar-refractivity contribution in [1.82, 2.24) is 9.47 Å². The van der Waals surface area contributed by atoms with Crippen LogP contribution in [0.15, 0.2) is 41.3 Å². The number of nitrogens with zero attached hydrogens (tertiary/aromatic N) is 2. The number of aryl methyl sites for hydroxylation is 1. The van der Waals surface area contributed by atoms with Crippen LogP contribution in [0.4, 0.5) is 8.78 Å². The first kappa shape index (κ1) is 18.8. The first-order valence-corrected chi connectivity index (χ1v) is 8.48. The second-order valence-corrected chi connectivity index (χ2v) is 6.97. The monoisotopic (exact) mass is 384 g/mol. The molecule has 1 saturated heterocycles. The van der Waals surface area contributed by atoms with Crippen molar-refractivity contribution in [3.63, 3.8) is 0 Å². The standard InChI is InChI=1S/C18H19ClF2N2O3/c1-22-7-12(2-3-17(22)25)13-4-14(19)6-16(5-13)26-9-15(24)8-23-10-18(20,21)11-23/h2-7,15,24H,8-11H2,1H3. The third-order valence-electron chi connectivity index (χ3n) is 4.11. The molecule has 8 heteroatoms. The predicted octanol–water partition coefficient (Wildman–Crippen LogP) is 2.40. The van der Waals surface area contributed by atoms with Crippen LogP contribution < -0.4 is 10.3 Å². The highest BCUT2D eigenvalue weighted by Gasteiger charge is 2.44. The summed E-state index contributed by atoms with van der Waals surface area (Å²) >= 11 is 6.13. The van der Waals surface area contributed by atoms with Gasteiger partial charge in [-0.3, -0.25) is 9.69 Å². The fourth-order valence-electron chi connectivity index (χ4n) is 2.86. The summed E-state index contributed by atoms with van der Waals surface area (Å²) in [5.74, 6) is -2.20. The Morgan fingerprint density at radius 1 is 1.27 bits per heavy atom. The average Bonchev–Trinajstić information content (AvgIpc) is 2.53. The molecule has 3 rings (SSSR count). The maximum absolute atomic E-state index is 12.8. The molecule has 1 aromatic heterocycles. The fraction of sp³-hybridized carbons (Fsp3) is 0.389. The van der Waals surface area contributed by atoms with Gasteiger partial charge in [-0.2, -0.15) is 0 Å². The van der Waals surface area contributed by atoms with Crippen LogP contribution in [0, 0.1) is 0 Å². The highest BCUT2D eigenvalue weighted by molar-refractivity contribution is 6.31. The van der Waals surface area contributed by atoms with Crippen molar-refractivity contribution < 1.29 is 18.6 Å². The summed E-state index contributed by atoms with van der Waals surface area (Å²) in [5, 5.41) is 10.4. The van der Waals surface area contributed by atoms with Gasteiger partial charge in [0.1, 0.15) is 18.5 Å². The number of pyridine rings is 1. The molecule has 1 unspecified atom stereocenters. The van der Waals surface area contributed by atoms with E-state index in [9.17, 15) is 18.7 Å². The minimum Gasteiger partial charge on any atom is -0.491 e. The Morgan fingerprint density at radius 3 is 2.65 bits per heavy atom. The second-order valence-electron chi connectivity index (χ2n) is 6.53. The molecule has 26 heavy (non-hydrogen) atoms.